The molecule has 0 aliphatic carbocycles. The fraction of sp³-hybridized carbons (Fsp3) is 0.467. The van der Waals surface area contributed by atoms with Crippen LogP contribution in [0.2, 0.25) is 0 Å². The molecular formula is C30H35F4N7O5. The molecule has 12 nitrogen and oxygen atoms in total. The second-order valence-corrected chi connectivity index (χ2v) is 11.0. The third-order valence-electron chi connectivity index (χ3n) is 8.15. The van der Waals surface area contributed by atoms with Crippen LogP contribution in [0.3, 0.4) is 0 Å². The minimum atomic E-state index is -4.97. The molecule has 2 atom stereocenters. The molecule has 3 aromatic rings. The number of rotatable bonds is 10. The normalized spacial score (nSPS) is 18.8. The van der Waals surface area contributed by atoms with Gasteiger partial charge in [-0.05, 0) is 19.2 Å². The van der Waals surface area contributed by atoms with E-state index >= 15 is 4.39 Å². The maximum absolute atomic E-state index is 15.9. The first-order valence-electron chi connectivity index (χ1n) is 14.6. The number of alkyl halides is 3. The Kier molecular flexibility index (Phi) is 10.2. The van der Waals surface area contributed by atoms with E-state index in [-0.39, 0.29) is 29.1 Å². The summed E-state index contributed by atoms with van der Waals surface area (Å²) in [6.07, 6.45) is -1.67. The van der Waals surface area contributed by atoms with Gasteiger partial charge in [0.25, 0.3) is 5.91 Å². The molecule has 16 heteroatoms. The van der Waals surface area contributed by atoms with Crippen molar-refractivity contribution in [1.82, 2.24) is 19.9 Å². The van der Waals surface area contributed by atoms with E-state index in [2.05, 4.69) is 20.3 Å². The Morgan fingerprint density at radius 3 is 2.50 bits per heavy atom. The Hall–Kier alpha value is -4.12. The number of halogens is 4. The van der Waals surface area contributed by atoms with Crippen molar-refractivity contribution in [1.29, 1.82) is 0 Å². The van der Waals surface area contributed by atoms with E-state index in [1.165, 1.54) is 24.5 Å². The van der Waals surface area contributed by atoms with Gasteiger partial charge in [0, 0.05) is 82.7 Å². The van der Waals surface area contributed by atoms with Crippen molar-refractivity contribution in [2.24, 2.45) is 0 Å². The number of H-pyrrole nitrogens is 1. The average molecular weight is 650 g/mol. The van der Waals surface area contributed by atoms with Crippen molar-refractivity contribution < 1.29 is 36.6 Å². The molecule has 0 spiro atoms. The molecule has 2 aliphatic rings. The van der Waals surface area contributed by atoms with E-state index < -0.39 is 34.6 Å². The number of methoxy groups -OCH3 is 2. The highest BCUT2D eigenvalue weighted by Crippen LogP contribution is 2.38. The molecular weight excluding hydrogens is 614 g/mol. The lowest BCUT2D eigenvalue weighted by Crippen LogP contribution is -2.43. The van der Waals surface area contributed by atoms with E-state index in [9.17, 15) is 22.8 Å². The summed E-state index contributed by atoms with van der Waals surface area (Å²) in [6.45, 7) is 4.00. The van der Waals surface area contributed by atoms with Crippen LogP contribution in [0.5, 0.6) is 0 Å². The van der Waals surface area contributed by atoms with Crippen LogP contribution in [-0.2, 0) is 20.4 Å². The molecule has 5 rings (SSSR count). The molecule has 0 bridgehead atoms. The zero-order valence-electron chi connectivity index (χ0n) is 25.6. The van der Waals surface area contributed by atoms with Gasteiger partial charge in [0.2, 0.25) is 11.5 Å². The summed E-state index contributed by atoms with van der Waals surface area (Å²) in [7, 11) is 5.06. The van der Waals surface area contributed by atoms with Crippen LogP contribution in [0.15, 0.2) is 41.6 Å². The predicted octanol–water partition coefficient (Wildman–Crippen LogP) is 2.86. The third-order valence-corrected chi connectivity index (χ3v) is 8.15. The minimum absolute atomic E-state index is 0.0290. The quantitative estimate of drug-likeness (QED) is 0.317. The number of ether oxygens (including phenoxy) is 3. The lowest BCUT2D eigenvalue weighted by atomic mass is 10.0. The Balaban J connectivity index is 1.53. The largest absolute Gasteiger partial charge is 0.417 e. The van der Waals surface area contributed by atoms with Crippen LogP contribution < -0.4 is 20.7 Å². The highest BCUT2D eigenvalue weighted by Gasteiger charge is 2.38. The number of pyridine rings is 1. The Bertz CT molecular complexity index is 1580. The molecule has 2 N–H and O–H groups in total. The molecule has 4 heterocycles. The Morgan fingerprint density at radius 2 is 1.85 bits per heavy atom. The second kappa shape index (κ2) is 14.1. The fourth-order valence-electron chi connectivity index (χ4n) is 5.63. The van der Waals surface area contributed by atoms with Gasteiger partial charge in [0.05, 0.1) is 54.5 Å². The minimum Gasteiger partial charge on any atom is -0.383 e. The first kappa shape index (κ1) is 33.2. The molecule has 0 radical (unpaired) electrons. The number of aromatic nitrogens is 3. The molecule has 46 heavy (non-hydrogen) atoms. The smallest absolute Gasteiger partial charge is 0.383 e. The summed E-state index contributed by atoms with van der Waals surface area (Å²) in [6, 6.07) is 2.76. The molecule has 2 aliphatic heterocycles. The fourth-order valence-corrected chi connectivity index (χ4v) is 5.63. The first-order chi connectivity index (χ1) is 22.0. The summed E-state index contributed by atoms with van der Waals surface area (Å²) < 4.78 is 73.6. The number of hydrogen-bond donors (Lipinski definition) is 2. The number of anilines is 3. The summed E-state index contributed by atoms with van der Waals surface area (Å²) in [5.41, 5.74) is -2.59. The molecule has 2 fully saturated rings. The topological polar surface area (TPSA) is 125 Å². The monoisotopic (exact) mass is 649 g/mol. The maximum atomic E-state index is 15.9. The van der Waals surface area contributed by atoms with Gasteiger partial charge in [0.15, 0.2) is 0 Å². The van der Waals surface area contributed by atoms with Crippen molar-refractivity contribution in [3.05, 3.63) is 64.1 Å². The van der Waals surface area contributed by atoms with E-state index in [0.717, 1.165) is 0 Å². The zero-order valence-corrected chi connectivity index (χ0v) is 25.6. The molecule has 1 aromatic carbocycles. The van der Waals surface area contributed by atoms with Crippen LogP contribution in [-0.4, -0.2) is 112 Å². The van der Waals surface area contributed by atoms with Crippen LogP contribution in [0, 0.1) is 5.82 Å². The van der Waals surface area contributed by atoms with E-state index in [0.29, 0.717) is 76.3 Å². The number of likely N-dealkylation sites (N-methyl/N-ethyl adjacent to an activating group) is 1. The highest BCUT2D eigenvalue weighted by atomic mass is 19.4. The number of amides is 1. The number of carbonyl (C=O) groups is 1. The van der Waals surface area contributed by atoms with E-state index in [4.69, 9.17) is 14.2 Å². The SMILES string of the molecule is COCCN(C)C1CN(c2cc(F)c(-c3cnc(N4CCOCC4)nc3)cc2NC(=O)c2c[nH]c(=O)cc2C(F)(F)F)C[C@@H]1OC. The lowest BCUT2D eigenvalue weighted by Gasteiger charge is -2.28. The molecule has 248 valence electrons. The molecule has 1 amide bonds. The van der Waals surface area contributed by atoms with Crippen molar-refractivity contribution in [3.63, 3.8) is 0 Å². The second-order valence-electron chi connectivity index (χ2n) is 11.0. The van der Waals surface area contributed by atoms with Crippen LogP contribution in [0.1, 0.15) is 15.9 Å². The van der Waals surface area contributed by atoms with Gasteiger partial charge in [-0.15, -0.1) is 0 Å². The molecule has 2 aromatic heterocycles. The van der Waals surface area contributed by atoms with Crippen molar-refractivity contribution in [2.45, 2.75) is 18.3 Å². The lowest BCUT2D eigenvalue weighted by molar-refractivity contribution is -0.138. The van der Waals surface area contributed by atoms with Gasteiger partial charge in [-0.3, -0.25) is 14.5 Å². The standard InChI is InChI=1S/C30H35F4N7O5/c1-39(4-7-44-2)25-16-41(17-26(25)45-3)24-12-22(31)19(18-13-36-29(37-14-18)40-5-8-46-9-6-40)10-23(24)38-28(43)20-15-35-27(42)11-21(20)30(32,33)34/h10-15,25-26H,4-9,16-17H2,1-3H3,(H,35,42)(H,38,43)/t25?,26-/m0/s1. The number of carbonyl (C=O) groups excluding carboxylic acids is 1. The summed E-state index contributed by atoms with van der Waals surface area (Å²) in [4.78, 5) is 41.8. The summed E-state index contributed by atoms with van der Waals surface area (Å²) >= 11 is 0. The number of aromatic amines is 1. The van der Waals surface area contributed by atoms with E-state index in [1.807, 2.05) is 16.8 Å². The highest BCUT2D eigenvalue weighted by molar-refractivity contribution is 6.07. The Morgan fingerprint density at radius 1 is 1.13 bits per heavy atom. The van der Waals surface area contributed by atoms with Crippen LogP contribution in [0.4, 0.5) is 34.9 Å². The predicted molar refractivity (Wildman–Crippen MR) is 162 cm³/mol. The number of nitrogens with zero attached hydrogens (tertiary/aromatic N) is 5. The average Bonchev–Trinajstić information content (AvgIpc) is 3.49. The third kappa shape index (κ3) is 7.30. The first-order valence-corrected chi connectivity index (χ1v) is 14.6. The number of hydrogen-bond acceptors (Lipinski definition) is 10. The van der Waals surface area contributed by atoms with Gasteiger partial charge in [-0.25, -0.2) is 14.4 Å². The van der Waals surface area contributed by atoms with E-state index in [1.54, 1.807) is 19.1 Å². The maximum Gasteiger partial charge on any atom is 0.417 e. The molecule has 1 unspecified atom stereocenters. The van der Waals surface area contributed by atoms with Gasteiger partial charge >= 0.3 is 6.18 Å². The molecule has 0 saturated carbocycles. The summed E-state index contributed by atoms with van der Waals surface area (Å²) in [5.74, 6) is -1.35. The van der Waals surface area contributed by atoms with Crippen molar-refractivity contribution in [2.75, 3.05) is 88.9 Å². The van der Waals surface area contributed by atoms with Crippen molar-refractivity contribution >= 4 is 23.2 Å². The van der Waals surface area contributed by atoms with Crippen LogP contribution in [0.25, 0.3) is 11.1 Å². The summed E-state index contributed by atoms with van der Waals surface area (Å²) in [5, 5.41) is 2.54. The Labute approximate surface area is 262 Å². The van der Waals surface area contributed by atoms with Gasteiger partial charge in [-0.1, -0.05) is 0 Å². The van der Waals surface area contributed by atoms with Crippen LogP contribution >= 0.6 is 0 Å². The number of benzene rings is 1. The molecule has 2 saturated heterocycles. The van der Waals surface area contributed by atoms with Gasteiger partial charge in [0.1, 0.15) is 5.82 Å². The number of morpholine rings is 1. The van der Waals surface area contributed by atoms with Gasteiger partial charge in [-0.2, -0.15) is 13.2 Å². The van der Waals surface area contributed by atoms with Gasteiger partial charge < -0.3 is 34.3 Å². The zero-order chi connectivity index (χ0) is 33.0. The number of nitrogens with one attached hydrogen (secondary N) is 2. The van der Waals surface area contributed by atoms with Crippen molar-refractivity contribution in [3.8, 4) is 11.1 Å².